The standard InChI is InChI=1S/C29H36N2O5S2/c1-3-36-28(33)26-23-5-4-6-24(23)37-27(26)30-25(32)17-31(38(2,34)35)22-9-7-21(8-10-22)29-14-18-11-19(15-29)13-20(12-18)16-29/h7-10,18-20H,3-6,11-17H2,1-2H3,(H,30,32). The number of hydrogen-bond donors (Lipinski definition) is 1. The molecule has 0 atom stereocenters. The maximum atomic E-state index is 13.1. The molecule has 1 N–H and O–H groups in total. The Kier molecular flexibility index (Phi) is 6.58. The van der Waals surface area contributed by atoms with E-state index in [1.807, 2.05) is 12.1 Å². The van der Waals surface area contributed by atoms with Crippen LogP contribution in [-0.2, 0) is 37.8 Å². The number of esters is 1. The first kappa shape index (κ1) is 25.9. The first-order valence-corrected chi connectivity index (χ1v) is 16.5. The van der Waals surface area contributed by atoms with Crippen LogP contribution < -0.4 is 9.62 Å². The van der Waals surface area contributed by atoms with E-state index < -0.39 is 21.9 Å². The maximum Gasteiger partial charge on any atom is 0.341 e. The fourth-order valence-corrected chi connectivity index (χ4v) is 10.2. The Balaban J connectivity index is 1.21. The average Bonchev–Trinajstić information content (AvgIpc) is 3.42. The fourth-order valence-electron chi connectivity index (χ4n) is 8.05. The number of ether oxygens (including phenoxy) is 1. The van der Waals surface area contributed by atoms with E-state index in [9.17, 15) is 18.0 Å². The van der Waals surface area contributed by atoms with Crippen molar-refractivity contribution in [2.75, 3.05) is 29.0 Å². The minimum absolute atomic E-state index is 0.226. The minimum atomic E-state index is -3.71. The van der Waals surface area contributed by atoms with Gasteiger partial charge in [0.05, 0.1) is 24.1 Å². The van der Waals surface area contributed by atoms with Gasteiger partial charge in [-0.3, -0.25) is 9.10 Å². The van der Waals surface area contributed by atoms with Crippen LogP contribution in [0, 0.1) is 17.8 Å². The second-order valence-corrected chi connectivity index (χ2v) is 14.9. The number of carbonyl (C=O) groups excluding carboxylic acids is 2. The summed E-state index contributed by atoms with van der Waals surface area (Å²) in [6.07, 6.45) is 11.6. The van der Waals surface area contributed by atoms with Gasteiger partial charge in [0.2, 0.25) is 15.9 Å². The van der Waals surface area contributed by atoms with Crippen molar-refractivity contribution >= 4 is 43.9 Å². The van der Waals surface area contributed by atoms with Crippen molar-refractivity contribution in [3.8, 4) is 0 Å². The van der Waals surface area contributed by atoms with E-state index in [-0.39, 0.29) is 18.6 Å². The highest BCUT2D eigenvalue weighted by Gasteiger charge is 2.51. The molecule has 204 valence electrons. The number of hydrogen-bond acceptors (Lipinski definition) is 6. The number of amides is 1. The van der Waals surface area contributed by atoms with Crippen LogP contribution >= 0.6 is 11.3 Å². The molecular weight excluding hydrogens is 520 g/mol. The van der Waals surface area contributed by atoms with Crippen LogP contribution in [0.2, 0.25) is 0 Å². The van der Waals surface area contributed by atoms with Crippen molar-refractivity contribution in [3.05, 3.63) is 45.8 Å². The number of aryl methyl sites for hydroxylation is 1. The summed E-state index contributed by atoms with van der Waals surface area (Å²) in [4.78, 5) is 26.9. The van der Waals surface area contributed by atoms with Crippen LogP contribution in [0.1, 0.15) is 78.2 Å². The third-order valence-corrected chi connectivity index (χ3v) is 11.5. The van der Waals surface area contributed by atoms with E-state index in [0.29, 0.717) is 16.3 Å². The van der Waals surface area contributed by atoms with Gasteiger partial charge in [-0.15, -0.1) is 11.3 Å². The zero-order chi connectivity index (χ0) is 26.7. The lowest BCUT2D eigenvalue weighted by Crippen LogP contribution is -2.48. The van der Waals surface area contributed by atoms with E-state index in [1.54, 1.807) is 6.92 Å². The van der Waals surface area contributed by atoms with Crippen LogP contribution in [0.4, 0.5) is 10.7 Å². The highest BCUT2D eigenvalue weighted by atomic mass is 32.2. The number of nitrogens with one attached hydrogen (secondary N) is 1. The largest absolute Gasteiger partial charge is 0.462 e. The first-order valence-electron chi connectivity index (χ1n) is 13.8. The summed E-state index contributed by atoms with van der Waals surface area (Å²) in [6.45, 7) is 1.64. The van der Waals surface area contributed by atoms with E-state index >= 15 is 0 Å². The molecule has 4 fully saturated rings. The number of sulfonamides is 1. The monoisotopic (exact) mass is 556 g/mol. The van der Waals surface area contributed by atoms with E-state index in [4.69, 9.17) is 4.74 Å². The molecule has 7 rings (SSSR count). The Morgan fingerprint density at radius 1 is 1.05 bits per heavy atom. The van der Waals surface area contributed by atoms with E-state index in [2.05, 4.69) is 17.4 Å². The zero-order valence-corrected chi connectivity index (χ0v) is 23.8. The van der Waals surface area contributed by atoms with Gasteiger partial charge < -0.3 is 10.1 Å². The van der Waals surface area contributed by atoms with Gasteiger partial charge in [-0.1, -0.05) is 12.1 Å². The van der Waals surface area contributed by atoms with Crippen LogP contribution in [0.25, 0.3) is 0 Å². The van der Waals surface area contributed by atoms with Crippen LogP contribution in [0.3, 0.4) is 0 Å². The Hall–Kier alpha value is -2.39. The highest BCUT2D eigenvalue weighted by molar-refractivity contribution is 7.92. The fraction of sp³-hybridized carbons (Fsp3) is 0.586. The summed E-state index contributed by atoms with van der Waals surface area (Å²) < 4.78 is 31.9. The second kappa shape index (κ2) is 9.66. The predicted molar refractivity (Wildman–Crippen MR) is 149 cm³/mol. The molecule has 4 saturated carbocycles. The molecule has 0 unspecified atom stereocenters. The molecular formula is C29H36N2O5S2. The van der Waals surface area contributed by atoms with Gasteiger partial charge in [-0.25, -0.2) is 13.2 Å². The van der Waals surface area contributed by atoms with Crippen molar-refractivity contribution in [3.63, 3.8) is 0 Å². The summed E-state index contributed by atoms with van der Waals surface area (Å²) in [5.74, 6) is 1.56. The number of thiophene rings is 1. The molecule has 1 aromatic carbocycles. The van der Waals surface area contributed by atoms with Gasteiger partial charge in [-0.05, 0) is 111 Å². The molecule has 1 heterocycles. The van der Waals surface area contributed by atoms with Crippen LogP contribution in [0.15, 0.2) is 24.3 Å². The first-order chi connectivity index (χ1) is 18.1. The lowest BCUT2D eigenvalue weighted by molar-refractivity contribution is -0.114. The minimum Gasteiger partial charge on any atom is -0.462 e. The lowest BCUT2D eigenvalue weighted by Gasteiger charge is -2.57. The molecule has 5 aliphatic rings. The summed E-state index contributed by atoms with van der Waals surface area (Å²) in [7, 11) is -3.71. The topological polar surface area (TPSA) is 92.8 Å². The normalized spacial score (nSPS) is 27.3. The Bertz CT molecular complexity index is 1330. The Morgan fingerprint density at radius 2 is 1.68 bits per heavy atom. The molecule has 0 aliphatic heterocycles. The highest BCUT2D eigenvalue weighted by Crippen LogP contribution is 2.60. The Morgan fingerprint density at radius 3 is 2.26 bits per heavy atom. The van der Waals surface area contributed by atoms with Gasteiger partial charge in [0.25, 0.3) is 0 Å². The summed E-state index contributed by atoms with van der Waals surface area (Å²) >= 11 is 1.39. The number of rotatable bonds is 8. The van der Waals surface area contributed by atoms with Crippen LogP contribution in [0.5, 0.6) is 0 Å². The van der Waals surface area contributed by atoms with Crippen LogP contribution in [-0.4, -0.2) is 39.7 Å². The van der Waals surface area contributed by atoms with E-state index in [0.717, 1.165) is 58.0 Å². The number of carbonyl (C=O) groups is 2. The molecule has 2 aromatic rings. The summed E-state index contributed by atoms with van der Waals surface area (Å²) in [5.41, 5.74) is 3.39. The molecule has 38 heavy (non-hydrogen) atoms. The third kappa shape index (κ3) is 4.66. The molecule has 1 aromatic heterocycles. The molecule has 4 bridgehead atoms. The summed E-state index contributed by atoms with van der Waals surface area (Å²) in [6, 6.07) is 7.88. The lowest BCUT2D eigenvalue weighted by atomic mass is 9.48. The molecule has 0 spiro atoms. The van der Waals surface area contributed by atoms with Gasteiger partial charge in [0.15, 0.2) is 0 Å². The maximum absolute atomic E-state index is 13.1. The molecule has 5 aliphatic carbocycles. The number of anilines is 2. The zero-order valence-electron chi connectivity index (χ0n) is 22.1. The quantitative estimate of drug-likeness (QED) is 0.446. The average molecular weight is 557 g/mol. The molecule has 0 radical (unpaired) electrons. The van der Waals surface area contributed by atoms with Crippen molar-refractivity contribution in [1.82, 2.24) is 0 Å². The van der Waals surface area contributed by atoms with E-state index in [1.165, 1.54) is 55.4 Å². The SMILES string of the molecule is CCOC(=O)c1c(NC(=O)CN(c2ccc(C34CC5CC(CC(C5)C3)C4)cc2)S(C)(=O)=O)sc2c1CCC2. The number of nitrogens with zero attached hydrogens (tertiary/aromatic N) is 1. The van der Waals surface area contributed by atoms with Gasteiger partial charge in [0.1, 0.15) is 11.5 Å². The number of benzene rings is 1. The van der Waals surface area contributed by atoms with Crippen molar-refractivity contribution < 1.29 is 22.7 Å². The molecule has 0 saturated heterocycles. The van der Waals surface area contributed by atoms with Crippen molar-refractivity contribution in [2.45, 2.75) is 70.1 Å². The molecule has 9 heteroatoms. The Labute approximate surface area is 229 Å². The molecule has 7 nitrogen and oxygen atoms in total. The summed E-state index contributed by atoms with van der Waals surface area (Å²) in [5, 5.41) is 3.27. The molecule has 1 amide bonds. The third-order valence-electron chi connectivity index (χ3n) is 9.15. The smallest absolute Gasteiger partial charge is 0.341 e. The van der Waals surface area contributed by atoms with Crippen molar-refractivity contribution in [2.24, 2.45) is 17.8 Å². The number of fused-ring (bicyclic) bond motifs is 1. The second-order valence-electron chi connectivity index (χ2n) is 11.8. The van der Waals surface area contributed by atoms with Gasteiger partial charge >= 0.3 is 5.97 Å². The van der Waals surface area contributed by atoms with Gasteiger partial charge in [0, 0.05) is 4.88 Å². The predicted octanol–water partition coefficient (Wildman–Crippen LogP) is 5.29. The van der Waals surface area contributed by atoms with Crippen molar-refractivity contribution in [1.29, 1.82) is 0 Å². The van der Waals surface area contributed by atoms with Gasteiger partial charge in [-0.2, -0.15) is 0 Å².